The predicted octanol–water partition coefficient (Wildman–Crippen LogP) is 3.48. The van der Waals surface area contributed by atoms with Gasteiger partial charge in [0.2, 0.25) is 0 Å². The smallest absolute Gasteiger partial charge is 0.335 e. The lowest BCUT2D eigenvalue weighted by atomic mass is 10.1. The lowest BCUT2D eigenvalue weighted by molar-refractivity contribution is 0.0686. The summed E-state index contributed by atoms with van der Waals surface area (Å²) in [5.41, 5.74) is -1.62. The van der Waals surface area contributed by atoms with Gasteiger partial charge >= 0.3 is 11.9 Å². The standard InChI is InChI=1S/C32H15N3O10/c36-25-19-3-1-2-4-20(19)26(37)33(25)16-11-17(34-27(38)21-7-5-14(31(42)43)9-23(21)29(34)40)13-18(12-16)35-28(39)22-8-6-15(32(44)45)10-24(22)30(35)41/h1-13H,(H,42,43)(H,44,45). The molecule has 0 fully saturated rings. The van der Waals surface area contributed by atoms with E-state index < -0.39 is 47.4 Å². The molecule has 0 aliphatic carbocycles. The van der Waals surface area contributed by atoms with Crippen molar-refractivity contribution in [1.29, 1.82) is 0 Å². The lowest BCUT2D eigenvalue weighted by Crippen LogP contribution is -2.34. The van der Waals surface area contributed by atoms with Crippen molar-refractivity contribution in [2.45, 2.75) is 0 Å². The molecule has 6 amide bonds. The minimum absolute atomic E-state index is 0.0818. The quantitative estimate of drug-likeness (QED) is 0.321. The largest absolute Gasteiger partial charge is 0.478 e. The Morgan fingerprint density at radius 1 is 0.400 bits per heavy atom. The Hall–Kier alpha value is -6.76. The average Bonchev–Trinajstić information content (AvgIpc) is 3.55. The molecular formula is C32H15N3O10. The molecule has 3 aliphatic heterocycles. The molecular weight excluding hydrogens is 586 g/mol. The minimum Gasteiger partial charge on any atom is -0.478 e. The minimum atomic E-state index is -1.33. The van der Waals surface area contributed by atoms with E-state index in [0.717, 1.165) is 35.2 Å². The summed E-state index contributed by atoms with van der Waals surface area (Å²) in [5, 5.41) is 18.8. The summed E-state index contributed by atoms with van der Waals surface area (Å²) in [6.45, 7) is 0. The molecule has 4 aromatic carbocycles. The Bertz CT molecular complexity index is 2020. The normalized spacial score (nSPS) is 15.2. The second-order valence-corrected chi connectivity index (χ2v) is 10.2. The van der Waals surface area contributed by atoms with Gasteiger partial charge in [-0.25, -0.2) is 24.3 Å². The van der Waals surface area contributed by atoms with Gasteiger partial charge in [0.25, 0.3) is 35.4 Å². The van der Waals surface area contributed by atoms with E-state index in [4.69, 9.17) is 0 Å². The van der Waals surface area contributed by atoms with Crippen LogP contribution < -0.4 is 14.7 Å². The highest BCUT2D eigenvalue weighted by Crippen LogP contribution is 2.40. The van der Waals surface area contributed by atoms with Gasteiger partial charge in [0.1, 0.15) is 0 Å². The zero-order valence-electron chi connectivity index (χ0n) is 22.5. The summed E-state index contributed by atoms with van der Waals surface area (Å²) in [4.78, 5) is 106. The number of amides is 6. The highest BCUT2D eigenvalue weighted by molar-refractivity contribution is 6.38. The van der Waals surface area contributed by atoms with Crippen LogP contribution >= 0.6 is 0 Å². The number of imide groups is 3. The van der Waals surface area contributed by atoms with Gasteiger partial charge in [-0.3, -0.25) is 28.8 Å². The van der Waals surface area contributed by atoms with Crippen LogP contribution in [0.25, 0.3) is 0 Å². The topological polar surface area (TPSA) is 187 Å². The first-order valence-electron chi connectivity index (χ1n) is 13.1. The number of aromatic carboxylic acids is 2. The number of hydrogen-bond acceptors (Lipinski definition) is 8. The number of carboxylic acids is 2. The van der Waals surface area contributed by atoms with Crippen LogP contribution in [0.15, 0.2) is 78.9 Å². The first kappa shape index (κ1) is 27.1. The van der Waals surface area contributed by atoms with Gasteiger partial charge in [0.05, 0.1) is 61.6 Å². The van der Waals surface area contributed by atoms with E-state index >= 15 is 0 Å². The number of carboxylic acid groups (broad SMARTS) is 2. The van der Waals surface area contributed by atoms with Crippen LogP contribution in [-0.2, 0) is 0 Å². The Kier molecular flexibility index (Phi) is 5.64. The van der Waals surface area contributed by atoms with E-state index in [1.165, 1.54) is 36.4 Å². The predicted molar refractivity (Wildman–Crippen MR) is 153 cm³/mol. The summed E-state index contributed by atoms with van der Waals surface area (Å²) < 4.78 is 0. The Balaban J connectivity index is 1.39. The van der Waals surface area contributed by atoms with Crippen molar-refractivity contribution in [3.8, 4) is 0 Å². The number of fused-ring (bicyclic) bond motifs is 3. The van der Waals surface area contributed by atoms with E-state index in [9.17, 15) is 48.6 Å². The number of carbonyl (C=O) groups excluding carboxylic acids is 6. The monoisotopic (exact) mass is 601 g/mol. The highest BCUT2D eigenvalue weighted by atomic mass is 16.4. The molecule has 0 unspecified atom stereocenters. The zero-order valence-corrected chi connectivity index (χ0v) is 22.5. The van der Waals surface area contributed by atoms with Gasteiger partial charge in [-0.1, -0.05) is 12.1 Å². The van der Waals surface area contributed by atoms with E-state index in [2.05, 4.69) is 0 Å². The third-order valence-electron chi connectivity index (χ3n) is 7.72. The summed E-state index contributed by atoms with van der Waals surface area (Å²) >= 11 is 0. The fourth-order valence-corrected chi connectivity index (χ4v) is 5.61. The van der Waals surface area contributed by atoms with Gasteiger partial charge in [-0.15, -0.1) is 0 Å². The van der Waals surface area contributed by atoms with Crippen LogP contribution in [0.2, 0.25) is 0 Å². The third-order valence-corrected chi connectivity index (χ3v) is 7.72. The molecule has 0 bridgehead atoms. The summed E-state index contributed by atoms with van der Waals surface area (Å²) in [6.07, 6.45) is 0. The molecule has 3 heterocycles. The molecule has 13 heteroatoms. The van der Waals surface area contributed by atoms with Crippen molar-refractivity contribution >= 4 is 64.4 Å². The molecule has 0 saturated heterocycles. The van der Waals surface area contributed by atoms with Gasteiger partial charge in [0.15, 0.2) is 0 Å². The summed E-state index contributed by atoms with van der Waals surface area (Å²) in [7, 11) is 0. The zero-order chi connectivity index (χ0) is 31.9. The van der Waals surface area contributed by atoms with E-state index in [1.54, 1.807) is 12.1 Å². The summed E-state index contributed by atoms with van der Waals surface area (Å²) in [5.74, 6) is -7.68. The van der Waals surface area contributed by atoms with Crippen molar-refractivity contribution in [1.82, 2.24) is 0 Å². The van der Waals surface area contributed by atoms with Crippen LogP contribution in [0.5, 0.6) is 0 Å². The molecule has 0 radical (unpaired) electrons. The van der Waals surface area contributed by atoms with Gasteiger partial charge in [0, 0.05) is 0 Å². The molecule has 7 rings (SSSR count). The van der Waals surface area contributed by atoms with Gasteiger partial charge in [-0.05, 0) is 66.7 Å². The molecule has 4 aromatic rings. The molecule has 218 valence electrons. The van der Waals surface area contributed by atoms with E-state index in [-0.39, 0.29) is 61.6 Å². The Labute approximate surface area is 251 Å². The first-order valence-corrected chi connectivity index (χ1v) is 13.1. The van der Waals surface area contributed by atoms with Crippen molar-refractivity contribution in [3.05, 3.63) is 123 Å². The molecule has 0 saturated carbocycles. The second-order valence-electron chi connectivity index (χ2n) is 10.2. The van der Waals surface area contributed by atoms with Crippen LogP contribution in [0, 0.1) is 0 Å². The lowest BCUT2D eigenvalue weighted by Gasteiger charge is -2.23. The van der Waals surface area contributed by atoms with E-state index in [0.29, 0.717) is 9.80 Å². The molecule has 0 aromatic heterocycles. The highest BCUT2D eigenvalue weighted by Gasteiger charge is 2.42. The number of carbonyl (C=O) groups is 8. The Morgan fingerprint density at radius 3 is 1.00 bits per heavy atom. The maximum absolute atomic E-state index is 13.5. The number of nitrogens with zero attached hydrogens (tertiary/aromatic N) is 3. The maximum atomic E-state index is 13.5. The average molecular weight is 601 g/mol. The molecule has 13 nitrogen and oxygen atoms in total. The SMILES string of the molecule is O=C(O)c1ccc2c(c1)C(=O)N(c1cc(N3C(=O)c4ccccc4C3=O)cc(N3C(=O)c4ccc(C(=O)O)cc4C3=O)c1)C2=O. The van der Waals surface area contributed by atoms with Gasteiger partial charge in [-0.2, -0.15) is 0 Å². The number of benzene rings is 4. The van der Waals surface area contributed by atoms with Gasteiger partial charge < -0.3 is 10.2 Å². The Morgan fingerprint density at radius 2 is 0.689 bits per heavy atom. The fraction of sp³-hybridized carbons (Fsp3) is 0. The second kappa shape index (κ2) is 9.37. The van der Waals surface area contributed by atoms with Crippen LogP contribution in [0.4, 0.5) is 17.1 Å². The molecule has 0 atom stereocenters. The molecule has 3 aliphatic rings. The number of anilines is 3. The van der Waals surface area contributed by atoms with Crippen molar-refractivity contribution < 1.29 is 48.6 Å². The molecule has 2 N–H and O–H groups in total. The number of rotatable bonds is 5. The summed E-state index contributed by atoms with van der Waals surface area (Å²) in [6, 6.07) is 16.3. The maximum Gasteiger partial charge on any atom is 0.335 e. The first-order chi connectivity index (χ1) is 21.5. The van der Waals surface area contributed by atoms with Crippen LogP contribution in [-0.4, -0.2) is 57.6 Å². The molecule has 45 heavy (non-hydrogen) atoms. The molecule has 0 spiro atoms. The number of hydrogen-bond donors (Lipinski definition) is 2. The van der Waals surface area contributed by atoms with Crippen molar-refractivity contribution in [2.24, 2.45) is 0 Å². The third kappa shape index (κ3) is 3.81. The fourth-order valence-electron chi connectivity index (χ4n) is 5.61. The van der Waals surface area contributed by atoms with Crippen molar-refractivity contribution in [2.75, 3.05) is 14.7 Å². The van der Waals surface area contributed by atoms with Crippen molar-refractivity contribution in [3.63, 3.8) is 0 Å². The van der Waals surface area contributed by atoms with Crippen LogP contribution in [0.3, 0.4) is 0 Å². The van der Waals surface area contributed by atoms with E-state index in [1.807, 2.05) is 0 Å². The van der Waals surface area contributed by atoms with Crippen LogP contribution in [0.1, 0.15) is 82.9 Å².